The number of amides is 1. The van der Waals surface area contributed by atoms with E-state index in [0.29, 0.717) is 24.5 Å². The molecule has 9 nitrogen and oxygen atoms in total. The van der Waals surface area contributed by atoms with Crippen LogP contribution >= 0.6 is 0 Å². The number of carbonyl (C=O) groups is 1. The van der Waals surface area contributed by atoms with Gasteiger partial charge in [-0.05, 0) is 20.8 Å². The first-order chi connectivity index (χ1) is 11.3. The Morgan fingerprint density at radius 3 is 2.67 bits per heavy atom. The molecule has 0 radical (unpaired) electrons. The molecule has 2 aromatic rings. The van der Waals surface area contributed by atoms with E-state index < -0.39 is 4.92 Å². The van der Waals surface area contributed by atoms with Crippen molar-refractivity contribution in [3.63, 3.8) is 0 Å². The average molecular weight is 334 g/mol. The molecule has 0 atom stereocenters. The number of aromatic nitrogens is 4. The van der Waals surface area contributed by atoms with Gasteiger partial charge in [0, 0.05) is 38.3 Å². The van der Waals surface area contributed by atoms with Crippen molar-refractivity contribution in [1.29, 1.82) is 0 Å². The smallest absolute Gasteiger partial charge is 0.312 e. The highest BCUT2D eigenvalue weighted by Gasteiger charge is 2.22. The third-order valence-corrected chi connectivity index (χ3v) is 3.92. The minimum atomic E-state index is -0.437. The predicted molar refractivity (Wildman–Crippen MR) is 87.3 cm³/mol. The molecule has 0 aliphatic rings. The van der Waals surface area contributed by atoms with Gasteiger partial charge >= 0.3 is 5.69 Å². The number of rotatable bonds is 7. The normalized spacial score (nSPS) is 10.8. The fourth-order valence-corrected chi connectivity index (χ4v) is 2.58. The molecule has 130 valence electrons. The first kappa shape index (κ1) is 17.6. The zero-order chi connectivity index (χ0) is 17.9. The first-order valence-electron chi connectivity index (χ1n) is 7.77. The molecule has 0 saturated heterocycles. The largest absolute Gasteiger partial charge is 0.341 e. The van der Waals surface area contributed by atoms with E-state index >= 15 is 0 Å². The summed E-state index contributed by atoms with van der Waals surface area (Å²) in [7, 11) is 1.73. The predicted octanol–water partition coefficient (Wildman–Crippen LogP) is 1.67. The summed E-state index contributed by atoms with van der Waals surface area (Å²) in [6.07, 6.45) is 3.89. The van der Waals surface area contributed by atoms with E-state index in [0.717, 1.165) is 12.1 Å². The van der Waals surface area contributed by atoms with Crippen molar-refractivity contribution < 1.29 is 9.72 Å². The number of nitrogens with zero attached hydrogens (tertiary/aromatic N) is 6. The molecule has 0 unspecified atom stereocenters. The summed E-state index contributed by atoms with van der Waals surface area (Å²) >= 11 is 0. The first-order valence-corrected chi connectivity index (χ1v) is 7.77. The minimum Gasteiger partial charge on any atom is -0.341 e. The fraction of sp³-hybridized carbons (Fsp3) is 0.533. The van der Waals surface area contributed by atoms with Crippen LogP contribution in [0.4, 0.5) is 5.69 Å². The number of aryl methyl sites for hydroxylation is 3. The second-order valence-electron chi connectivity index (χ2n) is 5.70. The van der Waals surface area contributed by atoms with Gasteiger partial charge in [-0.25, -0.2) is 0 Å². The summed E-state index contributed by atoms with van der Waals surface area (Å²) in [5.74, 6) is -0.0468. The Morgan fingerprint density at radius 1 is 1.42 bits per heavy atom. The number of nitro groups is 1. The highest BCUT2D eigenvalue weighted by Crippen LogP contribution is 2.21. The van der Waals surface area contributed by atoms with E-state index in [1.807, 2.05) is 17.8 Å². The Kier molecular flexibility index (Phi) is 5.32. The molecular weight excluding hydrogens is 312 g/mol. The van der Waals surface area contributed by atoms with E-state index in [1.165, 1.54) is 4.68 Å². The molecule has 1 amide bonds. The van der Waals surface area contributed by atoms with E-state index in [9.17, 15) is 14.9 Å². The van der Waals surface area contributed by atoms with Crippen molar-refractivity contribution in [3.8, 4) is 0 Å². The zero-order valence-electron chi connectivity index (χ0n) is 14.4. The fourth-order valence-electron chi connectivity index (χ4n) is 2.58. The highest BCUT2D eigenvalue weighted by molar-refractivity contribution is 5.75. The van der Waals surface area contributed by atoms with Crippen LogP contribution in [0.5, 0.6) is 0 Å². The van der Waals surface area contributed by atoms with Gasteiger partial charge in [-0.3, -0.25) is 24.3 Å². The van der Waals surface area contributed by atoms with Gasteiger partial charge in [-0.15, -0.1) is 0 Å². The molecular formula is C15H22N6O3. The van der Waals surface area contributed by atoms with Crippen LogP contribution in [0.25, 0.3) is 0 Å². The maximum atomic E-state index is 12.3. The second-order valence-corrected chi connectivity index (χ2v) is 5.70. The monoisotopic (exact) mass is 334 g/mol. The quantitative estimate of drug-likeness (QED) is 0.566. The molecule has 0 aliphatic carbocycles. The molecule has 24 heavy (non-hydrogen) atoms. The van der Waals surface area contributed by atoms with E-state index in [1.54, 1.807) is 32.0 Å². The van der Waals surface area contributed by atoms with Crippen LogP contribution < -0.4 is 0 Å². The van der Waals surface area contributed by atoms with Gasteiger partial charge in [0.15, 0.2) is 0 Å². The molecule has 0 spiro atoms. The maximum Gasteiger partial charge on any atom is 0.312 e. The maximum absolute atomic E-state index is 12.3. The van der Waals surface area contributed by atoms with Gasteiger partial charge in [-0.2, -0.15) is 10.2 Å². The van der Waals surface area contributed by atoms with Crippen LogP contribution in [0.1, 0.15) is 30.3 Å². The topological polar surface area (TPSA) is 99.1 Å². The molecule has 9 heteroatoms. The lowest BCUT2D eigenvalue weighted by molar-refractivity contribution is -0.386. The summed E-state index contributed by atoms with van der Waals surface area (Å²) in [4.78, 5) is 24.4. The van der Waals surface area contributed by atoms with Crippen molar-refractivity contribution in [2.45, 2.75) is 46.8 Å². The number of carbonyl (C=O) groups excluding carboxylic acids is 1. The van der Waals surface area contributed by atoms with Gasteiger partial charge in [0.2, 0.25) is 5.91 Å². The van der Waals surface area contributed by atoms with Crippen LogP contribution in [-0.4, -0.2) is 42.3 Å². The molecule has 0 saturated carbocycles. The molecule has 0 N–H and O–H groups in total. The minimum absolute atomic E-state index is 0.0165. The van der Waals surface area contributed by atoms with Gasteiger partial charge in [-0.1, -0.05) is 0 Å². The third-order valence-electron chi connectivity index (χ3n) is 3.92. The van der Waals surface area contributed by atoms with E-state index in [-0.39, 0.29) is 18.0 Å². The SMILES string of the molecule is CCn1cc(CN(C)C(=O)CCn2nc(C)c([N+](=O)[O-])c2C)cn1. The molecule has 0 bridgehead atoms. The van der Waals surface area contributed by atoms with Crippen molar-refractivity contribution in [2.75, 3.05) is 7.05 Å². The van der Waals surface area contributed by atoms with Crippen LogP contribution in [0.15, 0.2) is 12.4 Å². The van der Waals surface area contributed by atoms with Crippen molar-refractivity contribution in [3.05, 3.63) is 39.5 Å². The summed E-state index contributed by atoms with van der Waals surface area (Å²) in [5, 5.41) is 19.3. The van der Waals surface area contributed by atoms with Crippen LogP contribution in [0, 0.1) is 24.0 Å². The Morgan fingerprint density at radius 2 is 2.12 bits per heavy atom. The van der Waals surface area contributed by atoms with Crippen molar-refractivity contribution in [1.82, 2.24) is 24.5 Å². The van der Waals surface area contributed by atoms with Crippen molar-refractivity contribution in [2.24, 2.45) is 0 Å². The molecule has 2 heterocycles. The molecule has 0 aliphatic heterocycles. The van der Waals surface area contributed by atoms with Crippen LogP contribution in [-0.2, 0) is 24.4 Å². The zero-order valence-corrected chi connectivity index (χ0v) is 14.4. The average Bonchev–Trinajstić information content (AvgIpc) is 3.08. The van der Waals surface area contributed by atoms with Crippen LogP contribution in [0.2, 0.25) is 0 Å². The molecule has 0 aromatic carbocycles. The molecule has 2 rings (SSSR count). The van der Waals surface area contributed by atoms with Crippen molar-refractivity contribution >= 4 is 11.6 Å². The number of hydrogen-bond donors (Lipinski definition) is 0. The summed E-state index contributed by atoms with van der Waals surface area (Å²) in [6, 6.07) is 0. The summed E-state index contributed by atoms with van der Waals surface area (Å²) < 4.78 is 3.33. The Labute approximate surface area is 140 Å². The Hall–Kier alpha value is -2.71. The molecule has 0 fully saturated rings. The van der Waals surface area contributed by atoms with E-state index in [2.05, 4.69) is 10.2 Å². The lowest BCUT2D eigenvalue weighted by Crippen LogP contribution is -2.27. The van der Waals surface area contributed by atoms with Gasteiger partial charge < -0.3 is 4.90 Å². The van der Waals surface area contributed by atoms with E-state index in [4.69, 9.17) is 0 Å². The van der Waals surface area contributed by atoms with Gasteiger partial charge in [0.25, 0.3) is 0 Å². The Balaban J connectivity index is 1.95. The summed E-state index contributed by atoms with van der Waals surface area (Å²) in [6.45, 7) is 6.83. The van der Waals surface area contributed by atoms with Gasteiger partial charge in [0.05, 0.1) is 17.7 Å². The van der Waals surface area contributed by atoms with Crippen LogP contribution in [0.3, 0.4) is 0 Å². The summed E-state index contributed by atoms with van der Waals surface area (Å²) in [5.41, 5.74) is 1.82. The van der Waals surface area contributed by atoms with Gasteiger partial charge in [0.1, 0.15) is 11.4 Å². The third kappa shape index (κ3) is 3.79. The standard InChI is InChI=1S/C15H22N6O3/c1-5-19-10-13(8-16-19)9-18(4)14(22)6-7-20-12(3)15(21(23)24)11(2)17-20/h8,10H,5-7,9H2,1-4H3. The Bertz CT molecular complexity index is 748. The second kappa shape index (κ2) is 7.24. The number of hydrogen-bond acceptors (Lipinski definition) is 5. The lowest BCUT2D eigenvalue weighted by Gasteiger charge is -2.16. The lowest BCUT2D eigenvalue weighted by atomic mass is 10.3. The molecule has 2 aromatic heterocycles. The highest BCUT2D eigenvalue weighted by atomic mass is 16.6.